The fourth-order valence-electron chi connectivity index (χ4n) is 1.88. The SMILES string of the molecule is COc1cc(OC)c(Nc2cc(C)ccc2N)cc1Cl. The Hall–Kier alpha value is -2.07. The van der Waals surface area contributed by atoms with Crippen LogP contribution in [0.25, 0.3) is 0 Å². The summed E-state index contributed by atoms with van der Waals surface area (Å²) in [4.78, 5) is 0. The number of aryl methyl sites for hydroxylation is 1. The summed E-state index contributed by atoms with van der Waals surface area (Å²) in [5.74, 6) is 1.19. The Kier molecular flexibility index (Phi) is 4.25. The lowest BCUT2D eigenvalue weighted by molar-refractivity contribution is 0.396. The largest absolute Gasteiger partial charge is 0.495 e. The number of hydrogen-bond acceptors (Lipinski definition) is 4. The molecule has 0 saturated heterocycles. The number of nitrogen functional groups attached to an aromatic ring is 1. The highest BCUT2D eigenvalue weighted by Gasteiger charge is 2.11. The van der Waals surface area contributed by atoms with E-state index < -0.39 is 0 Å². The van der Waals surface area contributed by atoms with Crippen LogP contribution in [0.4, 0.5) is 17.1 Å². The van der Waals surface area contributed by atoms with Crippen molar-refractivity contribution < 1.29 is 9.47 Å². The van der Waals surface area contributed by atoms with E-state index in [-0.39, 0.29) is 0 Å². The molecule has 0 heterocycles. The van der Waals surface area contributed by atoms with E-state index in [9.17, 15) is 0 Å². The summed E-state index contributed by atoms with van der Waals surface area (Å²) in [5.41, 5.74) is 9.27. The van der Waals surface area contributed by atoms with Gasteiger partial charge in [-0.05, 0) is 30.7 Å². The molecule has 3 N–H and O–H groups in total. The zero-order valence-electron chi connectivity index (χ0n) is 11.7. The molecule has 0 amide bonds. The molecule has 0 fully saturated rings. The molecule has 2 aromatic rings. The van der Waals surface area contributed by atoms with Gasteiger partial charge in [-0.15, -0.1) is 0 Å². The number of hydrogen-bond donors (Lipinski definition) is 2. The Morgan fingerprint density at radius 3 is 2.35 bits per heavy atom. The van der Waals surface area contributed by atoms with Crippen molar-refractivity contribution in [3.63, 3.8) is 0 Å². The van der Waals surface area contributed by atoms with E-state index in [4.69, 9.17) is 26.8 Å². The van der Waals surface area contributed by atoms with Crippen LogP contribution in [0.5, 0.6) is 11.5 Å². The number of methoxy groups -OCH3 is 2. The van der Waals surface area contributed by atoms with Gasteiger partial charge in [0.1, 0.15) is 11.5 Å². The van der Waals surface area contributed by atoms with Crippen LogP contribution < -0.4 is 20.5 Å². The number of nitrogens with two attached hydrogens (primary N) is 1. The minimum absolute atomic E-state index is 0.502. The Morgan fingerprint density at radius 1 is 1.00 bits per heavy atom. The van der Waals surface area contributed by atoms with Crippen LogP contribution in [0.3, 0.4) is 0 Å². The standard InChI is InChI=1S/C15H17ClN2O2/c1-9-4-5-11(17)12(6-9)18-13-7-10(16)14(19-2)8-15(13)20-3/h4-8,18H,17H2,1-3H3. The van der Waals surface area contributed by atoms with Crippen LogP contribution in [-0.2, 0) is 0 Å². The average Bonchev–Trinajstić information content (AvgIpc) is 2.43. The van der Waals surface area contributed by atoms with Crippen molar-refractivity contribution >= 4 is 28.7 Å². The van der Waals surface area contributed by atoms with E-state index in [1.165, 1.54) is 0 Å². The second kappa shape index (κ2) is 5.92. The molecule has 2 rings (SSSR count). The summed E-state index contributed by atoms with van der Waals surface area (Å²) in [5, 5.41) is 3.74. The van der Waals surface area contributed by atoms with Crippen molar-refractivity contribution in [1.82, 2.24) is 0 Å². The summed E-state index contributed by atoms with van der Waals surface area (Å²) < 4.78 is 10.5. The Labute approximate surface area is 123 Å². The van der Waals surface area contributed by atoms with Crippen LogP contribution in [0.1, 0.15) is 5.56 Å². The maximum Gasteiger partial charge on any atom is 0.146 e. The molecule has 0 spiro atoms. The van der Waals surface area contributed by atoms with E-state index in [0.29, 0.717) is 22.2 Å². The summed E-state index contributed by atoms with van der Waals surface area (Å²) >= 11 is 6.14. The molecule has 0 aromatic heterocycles. The molecule has 0 unspecified atom stereocenters. The van der Waals surface area contributed by atoms with E-state index in [0.717, 1.165) is 16.9 Å². The highest BCUT2D eigenvalue weighted by Crippen LogP contribution is 2.38. The first kappa shape index (κ1) is 14.3. The van der Waals surface area contributed by atoms with E-state index >= 15 is 0 Å². The number of benzene rings is 2. The molecule has 0 radical (unpaired) electrons. The number of halogens is 1. The van der Waals surface area contributed by atoms with Crippen molar-refractivity contribution in [2.24, 2.45) is 0 Å². The van der Waals surface area contributed by atoms with Crippen LogP contribution in [0.2, 0.25) is 5.02 Å². The molecule has 4 nitrogen and oxygen atoms in total. The Balaban J connectivity index is 2.42. The van der Waals surface area contributed by atoms with Crippen molar-refractivity contribution in [1.29, 1.82) is 0 Å². The summed E-state index contributed by atoms with van der Waals surface area (Å²) in [7, 11) is 3.15. The van der Waals surface area contributed by atoms with Crippen molar-refractivity contribution in [2.75, 3.05) is 25.3 Å². The lowest BCUT2D eigenvalue weighted by Gasteiger charge is -2.15. The lowest BCUT2D eigenvalue weighted by atomic mass is 10.2. The molecule has 0 bridgehead atoms. The third-order valence-corrected chi connectivity index (χ3v) is 3.25. The maximum absolute atomic E-state index is 6.14. The zero-order valence-corrected chi connectivity index (χ0v) is 12.4. The average molecular weight is 293 g/mol. The Bertz CT molecular complexity index is 630. The maximum atomic E-state index is 6.14. The number of ether oxygens (including phenoxy) is 2. The first-order valence-corrected chi connectivity index (χ1v) is 6.47. The molecule has 106 valence electrons. The number of rotatable bonds is 4. The first-order chi connectivity index (χ1) is 9.55. The van der Waals surface area contributed by atoms with Gasteiger partial charge in [0.05, 0.1) is 36.3 Å². The molecule has 0 aliphatic heterocycles. The smallest absolute Gasteiger partial charge is 0.146 e. The second-order valence-corrected chi connectivity index (χ2v) is 4.81. The molecule has 20 heavy (non-hydrogen) atoms. The minimum Gasteiger partial charge on any atom is -0.495 e. The van der Waals surface area contributed by atoms with Crippen LogP contribution in [0.15, 0.2) is 30.3 Å². The number of nitrogens with one attached hydrogen (secondary N) is 1. The molecule has 0 aliphatic rings. The minimum atomic E-state index is 0.502. The highest BCUT2D eigenvalue weighted by atomic mass is 35.5. The second-order valence-electron chi connectivity index (χ2n) is 4.40. The van der Waals surface area contributed by atoms with Crippen molar-refractivity contribution in [2.45, 2.75) is 6.92 Å². The molecule has 0 saturated carbocycles. The van der Waals surface area contributed by atoms with Crippen LogP contribution >= 0.6 is 11.6 Å². The van der Waals surface area contributed by atoms with Gasteiger partial charge in [-0.25, -0.2) is 0 Å². The monoisotopic (exact) mass is 292 g/mol. The lowest BCUT2D eigenvalue weighted by Crippen LogP contribution is -1.99. The van der Waals surface area contributed by atoms with Crippen molar-refractivity contribution in [3.05, 3.63) is 40.9 Å². The van der Waals surface area contributed by atoms with Gasteiger partial charge in [0.15, 0.2) is 0 Å². The zero-order chi connectivity index (χ0) is 14.7. The topological polar surface area (TPSA) is 56.5 Å². The highest BCUT2D eigenvalue weighted by molar-refractivity contribution is 6.32. The third kappa shape index (κ3) is 2.91. The first-order valence-electron chi connectivity index (χ1n) is 6.10. The quantitative estimate of drug-likeness (QED) is 0.837. The Morgan fingerprint density at radius 2 is 1.70 bits per heavy atom. The summed E-state index contributed by atoms with van der Waals surface area (Å²) in [6.45, 7) is 2.00. The third-order valence-electron chi connectivity index (χ3n) is 2.95. The molecular formula is C15H17ClN2O2. The van der Waals surface area contributed by atoms with Gasteiger partial charge in [-0.3, -0.25) is 0 Å². The molecule has 0 atom stereocenters. The van der Waals surface area contributed by atoms with Gasteiger partial charge in [0.2, 0.25) is 0 Å². The number of anilines is 3. The molecule has 2 aromatic carbocycles. The fourth-order valence-corrected chi connectivity index (χ4v) is 2.12. The molecule has 5 heteroatoms. The van der Waals surface area contributed by atoms with Gasteiger partial charge in [0, 0.05) is 6.07 Å². The van der Waals surface area contributed by atoms with Crippen LogP contribution in [0, 0.1) is 6.92 Å². The predicted molar refractivity (Wildman–Crippen MR) is 83.4 cm³/mol. The molecular weight excluding hydrogens is 276 g/mol. The fraction of sp³-hybridized carbons (Fsp3) is 0.200. The van der Waals surface area contributed by atoms with E-state index in [1.807, 2.05) is 25.1 Å². The van der Waals surface area contributed by atoms with Gasteiger partial charge in [-0.2, -0.15) is 0 Å². The van der Waals surface area contributed by atoms with Gasteiger partial charge in [0.25, 0.3) is 0 Å². The van der Waals surface area contributed by atoms with E-state index in [1.54, 1.807) is 26.4 Å². The molecule has 0 aliphatic carbocycles. The summed E-state index contributed by atoms with van der Waals surface area (Å²) in [6.07, 6.45) is 0. The van der Waals surface area contributed by atoms with Crippen molar-refractivity contribution in [3.8, 4) is 11.5 Å². The van der Waals surface area contributed by atoms with E-state index in [2.05, 4.69) is 5.32 Å². The van der Waals surface area contributed by atoms with Gasteiger partial charge < -0.3 is 20.5 Å². The predicted octanol–water partition coefficient (Wildman–Crippen LogP) is 3.99. The van der Waals surface area contributed by atoms with Crippen LogP contribution in [-0.4, -0.2) is 14.2 Å². The van der Waals surface area contributed by atoms with Gasteiger partial charge in [-0.1, -0.05) is 17.7 Å². The van der Waals surface area contributed by atoms with Gasteiger partial charge >= 0.3 is 0 Å². The normalized spacial score (nSPS) is 10.2. The summed E-state index contributed by atoms with van der Waals surface area (Å²) in [6, 6.07) is 9.26.